The lowest BCUT2D eigenvalue weighted by molar-refractivity contribution is 0.0158. The van der Waals surface area contributed by atoms with Crippen molar-refractivity contribution in [3.63, 3.8) is 0 Å². The summed E-state index contributed by atoms with van der Waals surface area (Å²) < 4.78 is 10.3. The molecule has 96 valence electrons. The maximum atomic E-state index is 11.5. The molecule has 0 saturated heterocycles. The highest BCUT2D eigenvalue weighted by molar-refractivity contribution is 5.67. The average molecular weight is 234 g/mol. The van der Waals surface area contributed by atoms with E-state index >= 15 is 0 Å². The van der Waals surface area contributed by atoms with Crippen LogP contribution >= 0.6 is 0 Å². The second kappa shape index (κ2) is 7.43. The van der Waals surface area contributed by atoms with E-state index < -0.39 is 5.60 Å². The molecular weight excluding hydrogens is 212 g/mol. The van der Waals surface area contributed by atoms with Crippen molar-refractivity contribution in [2.45, 2.75) is 26.4 Å². The highest BCUT2D eigenvalue weighted by Gasteiger charge is 2.19. The van der Waals surface area contributed by atoms with Crippen LogP contribution in [-0.4, -0.2) is 50.0 Å². The topological polar surface area (TPSA) is 74.0 Å². The number of carbonyl (C=O) groups excluding carboxylic acids is 1. The van der Waals surface area contributed by atoms with Crippen LogP contribution in [0.5, 0.6) is 0 Å². The molecule has 6 heteroatoms. The molecule has 0 aliphatic carbocycles. The number of amides is 1. The Balaban J connectivity index is 3.64. The molecule has 0 atom stereocenters. The zero-order valence-corrected chi connectivity index (χ0v) is 10.5. The highest BCUT2D eigenvalue weighted by atomic mass is 16.6. The minimum absolute atomic E-state index is 0.343. The van der Waals surface area contributed by atoms with E-state index in [1.54, 1.807) is 7.05 Å². The second-order valence-corrected chi connectivity index (χ2v) is 4.39. The van der Waals surface area contributed by atoms with Crippen LogP contribution in [0.2, 0.25) is 0 Å². The van der Waals surface area contributed by atoms with Gasteiger partial charge in [-0.1, -0.05) is 0 Å². The lowest BCUT2D eigenvalue weighted by Gasteiger charge is -2.24. The Labute approximate surface area is 96.6 Å². The summed E-state index contributed by atoms with van der Waals surface area (Å²) in [5.41, 5.74) is -0.473. The van der Waals surface area contributed by atoms with E-state index in [0.717, 1.165) is 0 Å². The van der Waals surface area contributed by atoms with E-state index in [1.165, 1.54) is 4.90 Å². The summed E-state index contributed by atoms with van der Waals surface area (Å²) in [6.45, 7) is 7.14. The Morgan fingerprint density at radius 3 is 2.38 bits per heavy atom. The Bertz CT molecular complexity index is 203. The number of rotatable bonds is 6. The van der Waals surface area contributed by atoms with Crippen LogP contribution in [-0.2, 0) is 14.3 Å². The van der Waals surface area contributed by atoms with Gasteiger partial charge in [-0.15, -0.1) is 0 Å². The van der Waals surface area contributed by atoms with Gasteiger partial charge in [0.05, 0.1) is 19.8 Å². The second-order valence-electron chi connectivity index (χ2n) is 4.39. The molecule has 0 unspecified atom stereocenters. The van der Waals surface area contributed by atoms with Crippen LogP contribution in [0.25, 0.3) is 0 Å². The first-order valence-corrected chi connectivity index (χ1v) is 5.20. The number of ether oxygens (including phenoxy) is 2. The lowest BCUT2D eigenvalue weighted by Crippen LogP contribution is -2.36. The number of nitrogens with zero attached hydrogens (tertiary/aromatic N) is 1. The summed E-state index contributed by atoms with van der Waals surface area (Å²) in [5.74, 6) is 4.82. The van der Waals surface area contributed by atoms with Gasteiger partial charge in [-0.05, 0) is 20.8 Å². The van der Waals surface area contributed by atoms with E-state index in [0.29, 0.717) is 26.4 Å². The first-order valence-electron chi connectivity index (χ1n) is 5.20. The monoisotopic (exact) mass is 234 g/mol. The molecule has 0 saturated carbocycles. The third-order valence-electron chi connectivity index (χ3n) is 1.62. The zero-order valence-electron chi connectivity index (χ0n) is 10.5. The number of carbonyl (C=O) groups is 1. The van der Waals surface area contributed by atoms with Gasteiger partial charge < -0.3 is 19.2 Å². The molecule has 0 aromatic rings. The molecule has 0 aromatic carbocycles. The van der Waals surface area contributed by atoms with Crippen molar-refractivity contribution >= 4 is 6.09 Å². The summed E-state index contributed by atoms with van der Waals surface area (Å²) in [7, 11) is 1.66. The number of nitrogens with two attached hydrogens (primary N) is 1. The van der Waals surface area contributed by atoms with Gasteiger partial charge in [-0.25, -0.2) is 10.7 Å². The van der Waals surface area contributed by atoms with Crippen LogP contribution in [0.1, 0.15) is 20.8 Å². The van der Waals surface area contributed by atoms with Gasteiger partial charge in [0.2, 0.25) is 0 Å². The van der Waals surface area contributed by atoms with Crippen LogP contribution in [0.4, 0.5) is 4.79 Å². The summed E-state index contributed by atoms with van der Waals surface area (Å²) in [5, 5.41) is 0. The van der Waals surface area contributed by atoms with Gasteiger partial charge in [-0.3, -0.25) is 0 Å². The van der Waals surface area contributed by atoms with Crippen LogP contribution in [0.3, 0.4) is 0 Å². The number of likely N-dealkylation sites (N-methyl/N-ethyl adjacent to an activating group) is 1. The van der Waals surface area contributed by atoms with Crippen LogP contribution in [0.15, 0.2) is 0 Å². The molecule has 1 amide bonds. The Kier molecular flexibility index (Phi) is 7.03. The molecule has 16 heavy (non-hydrogen) atoms. The summed E-state index contributed by atoms with van der Waals surface area (Å²) in [4.78, 5) is 17.3. The smallest absolute Gasteiger partial charge is 0.410 e. The maximum Gasteiger partial charge on any atom is 0.410 e. The van der Waals surface area contributed by atoms with Crippen molar-refractivity contribution in [2.75, 3.05) is 33.4 Å². The van der Waals surface area contributed by atoms with E-state index in [-0.39, 0.29) is 6.09 Å². The molecule has 0 bridgehead atoms. The van der Waals surface area contributed by atoms with Gasteiger partial charge in [0.25, 0.3) is 0 Å². The fraction of sp³-hybridized carbons (Fsp3) is 0.900. The van der Waals surface area contributed by atoms with Crippen molar-refractivity contribution in [2.24, 2.45) is 5.90 Å². The van der Waals surface area contributed by atoms with E-state index in [4.69, 9.17) is 15.4 Å². The molecule has 0 aromatic heterocycles. The first-order chi connectivity index (χ1) is 7.37. The van der Waals surface area contributed by atoms with Crippen molar-refractivity contribution in [1.29, 1.82) is 0 Å². The molecule has 0 fully saturated rings. The van der Waals surface area contributed by atoms with E-state index in [9.17, 15) is 4.79 Å². The third kappa shape index (κ3) is 8.46. The normalized spacial score (nSPS) is 11.3. The van der Waals surface area contributed by atoms with Crippen LogP contribution < -0.4 is 5.90 Å². The predicted molar refractivity (Wildman–Crippen MR) is 59.8 cm³/mol. The van der Waals surface area contributed by atoms with Crippen molar-refractivity contribution in [1.82, 2.24) is 4.90 Å². The third-order valence-corrected chi connectivity index (χ3v) is 1.62. The molecule has 0 heterocycles. The molecule has 0 spiro atoms. The van der Waals surface area contributed by atoms with Crippen molar-refractivity contribution in [3.8, 4) is 0 Å². The minimum atomic E-state index is -0.473. The molecule has 0 aliphatic heterocycles. The quantitative estimate of drug-likeness (QED) is 0.542. The predicted octanol–water partition coefficient (Wildman–Crippen LogP) is 0.760. The molecule has 2 N–H and O–H groups in total. The number of hydrogen-bond donors (Lipinski definition) is 1. The summed E-state index contributed by atoms with van der Waals surface area (Å²) in [6.07, 6.45) is -0.355. The van der Waals surface area contributed by atoms with Gasteiger partial charge in [0.15, 0.2) is 0 Å². The van der Waals surface area contributed by atoms with Crippen LogP contribution in [0, 0.1) is 0 Å². The van der Waals surface area contributed by atoms with Gasteiger partial charge in [0.1, 0.15) is 5.60 Å². The molecule has 0 rings (SSSR count). The van der Waals surface area contributed by atoms with Crippen molar-refractivity contribution in [3.05, 3.63) is 0 Å². The molecular formula is C10H22N2O4. The van der Waals surface area contributed by atoms with Gasteiger partial charge in [0, 0.05) is 13.6 Å². The minimum Gasteiger partial charge on any atom is -0.444 e. The molecule has 6 nitrogen and oxygen atoms in total. The fourth-order valence-corrected chi connectivity index (χ4v) is 0.842. The highest BCUT2D eigenvalue weighted by Crippen LogP contribution is 2.08. The van der Waals surface area contributed by atoms with E-state index in [1.807, 2.05) is 20.8 Å². The van der Waals surface area contributed by atoms with Gasteiger partial charge >= 0.3 is 6.09 Å². The first kappa shape index (κ1) is 15.2. The Morgan fingerprint density at radius 1 is 1.25 bits per heavy atom. The molecule has 0 aliphatic rings. The SMILES string of the molecule is CN(CCOCCON)C(=O)OC(C)(C)C. The zero-order chi connectivity index (χ0) is 12.6. The average Bonchev–Trinajstić information content (AvgIpc) is 2.14. The summed E-state index contributed by atoms with van der Waals surface area (Å²) >= 11 is 0. The summed E-state index contributed by atoms with van der Waals surface area (Å²) in [6, 6.07) is 0. The molecule has 0 radical (unpaired) electrons. The Morgan fingerprint density at radius 2 is 1.88 bits per heavy atom. The standard InChI is InChI=1S/C10H22N2O4/c1-10(2,3)16-9(13)12(4)5-6-14-7-8-15-11/h5-8,11H2,1-4H3. The largest absolute Gasteiger partial charge is 0.444 e. The number of hydrogen-bond acceptors (Lipinski definition) is 5. The maximum absolute atomic E-state index is 11.5. The lowest BCUT2D eigenvalue weighted by atomic mass is 10.2. The van der Waals surface area contributed by atoms with E-state index in [2.05, 4.69) is 4.84 Å². The van der Waals surface area contributed by atoms with Gasteiger partial charge in [-0.2, -0.15) is 0 Å². The Hall–Kier alpha value is -0.850. The van der Waals surface area contributed by atoms with Crippen molar-refractivity contribution < 1.29 is 19.1 Å². The fourth-order valence-electron chi connectivity index (χ4n) is 0.842.